The molecule has 1 saturated carbocycles. The lowest BCUT2D eigenvalue weighted by atomic mass is 10.1. The highest BCUT2D eigenvalue weighted by Crippen LogP contribution is 2.59. The number of hydrogen-bond donors (Lipinski definition) is 1. The molecule has 1 N–H and O–H groups in total. The molecule has 0 aromatic carbocycles. The van der Waals surface area contributed by atoms with Crippen LogP contribution >= 0.6 is 0 Å². The summed E-state index contributed by atoms with van der Waals surface area (Å²) in [6.45, 7) is 5.51. The number of carboxylic acid groups (broad SMARTS) is 1. The molecule has 13 heavy (non-hydrogen) atoms. The van der Waals surface area contributed by atoms with E-state index in [0.717, 1.165) is 6.29 Å². The fraction of sp³-hybridized carbons (Fsp3) is 0.600. The molecule has 1 aliphatic carbocycles. The summed E-state index contributed by atoms with van der Waals surface area (Å²) in [6.07, 6.45) is 2.51. The van der Waals surface area contributed by atoms with Gasteiger partial charge in [-0.15, -0.1) is 0 Å². The predicted octanol–water partition coefficient (Wildman–Crippen LogP) is 1.49. The van der Waals surface area contributed by atoms with Crippen molar-refractivity contribution in [2.24, 2.45) is 17.3 Å². The highest BCUT2D eigenvalue weighted by molar-refractivity contribution is 5.78. The van der Waals surface area contributed by atoms with Crippen LogP contribution in [0.1, 0.15) is 20.8 Å². The van der Waals surface area contributed by atoms with Gasteiger partial charge in [0.1, 0.15) is 6.29 Å². The van der Waals surface area contributed by atoms with Crippen LogP contribution in [0.5, 0.6) is 0 Å². The molecule has 0 aliphatic heterocycles. The Balaban J connectivity index is 2.77. The smallest absolute Gasteiger partial charge is 0.307 e. The van der Waals surface area contributed by atoms with Crippen LogP contribution in [-0.4, -0.2) is 17.4 Å². The Morgan fingerprint density at radius 1 is 1.46 bits per heavy atom. The van der Waals surface area contributed by atoms with Crippen molar-refractivity contribution in [3.63, 3.8) is 0 Å². The molecule has 1 fully saturated rings. The van der Waals surface area contributed by atoms with Crippen LogP contribution in [-0.2, 0) is 9.59 Å². The fourth-order valence-electron chi connectivity index (χ4n) is 1.78. The first-order chi connectivity index (χ1) is 5.91. The summed E-state index contributed by atoms with van der Waals surface area (Å²) in [5.41, 5.74) is 0.414. The molecular weight excluding hydrogens is 168 g/mol. The highest BCUT2D eigenvalue weighted by atomic mass is 16.4. The number of aldehydes is 1. The number of carboxylic acids is 1. The maximum Gasteiger partial charge on any atom is 0.307 e. The maximum atomic E-state index is 10.7. The number of allylic oxidation sites excluding steroid dienone is 2. The number of rotatable bonds is 3. The third kappa shape index (κ3) is 1.64. The van der Waals surface area contributed by atoms with Crippen molar-refractivity contribution in [3.05, 3.63) is 11.6 Å². The van der Waals surface area contributed by atoms with E-state index in [-0.39, 0.29) is 17.3 Å². The van der Waals surface area contributed by atoms with Crippen molar-refractivity contribution in [2.75, 3.05) is 0 Å². The molecule has 0 radical (unpaired) electrons. The van der Waals surface area contributed by atoms with E-state index in [9.17, 15) is 9.59 Å². The van der Waals surface area contributed by atoms with Gasteiger partial charge in [0.05, 0.1) is 5.92 Å². The van der Waals surface area contributed by atoms with E-state index in [4.69, 9.17) is 5.11 Å². The van der Waals surface area contributed by atoms with Crippen LogP contribution in [0, 0.1) is 17.3 Å². The Morgan fingerprint density at radius 3 is 2.31 bits per heavy atom. The summed E-state index contributed by atoms with van der Waals surface area (Å²) in [5, 5.41) is 8.83. The van der Waals surface area contributed by atoms with Gasteiger partial charge < -0.3 is 5.11 Å². The molecule has 0 bridgehead atoms. The Morgan fingerprint density at radius 2 is 2.00 bits per heavy atom. The summed E-state index contributed by atoms with van der Waals surface area (Å²) in [7, 11) is 0. The molecule has 0 unspecified atom stereocenters. The van der Waals surface area contributed by atoms with Gasteiger partial charge in [0.2, 0.25) is 0 Å². The minimum absolute atomic E-state index is 0.00944. The van der Waals surface area contributed by atoms with Crippen molar-refractivity contribution in [1.82, 2.24) is 0 Å². The Kier molecular flexibility index (Phi) is 2.28. The second-order valence-corrected chi connectivity index (χ2v) is 4.19. The normalized spacial score (nSPS) is 31.2. The van der Waals surface area contributed by atoms with Crippen LogP contribution in [0.3, 0.4) is 0 Å². The molecule has 2 atom stereocenters. The van der Waals surface area contributed by atoms with Gasteiger partial charge in [-0.25, -0.2) is 0 Å². The molecular formula is C10H14O3. The van der Waals surface area contributed by atoms with Crippen LogP contribution in [0.25, 0.3) is 0 Å². The molecule has 0 amide bonds. The Hall–Kier alpha value is -1.12. The second kappa shape index (κ2) is 2.98. The van der Waals surface area contributed by atoms with E-state index >= 15 is 0 Å². The van der Waals surface area contributed by atoms with E-state index in [1.54, 1.807) is 13.0 Å². The maximum absolute atomic E-state index is 10.7. The van der Waals surface area contributed by atoms with Crippen molar-refractivity contribution in [1.29, 1.82) is 0 Å². The first-order valence-corrected chi connectivity index (χ1v) is 4.27. The molecule has 0 aromatic heterocycles. The van der Waals surface area contributed by atoms with E-state index < -0.39 is 5.97 Å². The number of hydrogen-bond acceptors (Lipinski definition) is 2. The zero-order valence-corrected chi connectivity index (χ0v) is 8.07. The molecule has 0 aromatic rings. The topological polar surface area (TPSA) is 54.4 Å². The average molecular weight is 182 g/mol. The molecule has 3 heteroatoms. The third-order valence-electron chi connectivity index (χ3n) is 2.81. The lowest BCUT2D eigenvalue weighted by Gasteiger charge is -1.96. The third-order valence-corrected chi connectivity index (χ3v) is 2.81. The Labute approximate surface area is 77.4 Å². The highest BCUT2D eigenvalue weighted by Gasteiger charge is 2.60. The largest absolute Gasteiger partial charge is 0.481 e. The summed E-state index contributed by atoms with van der Waals surface area (Å²) < 4.78 is 0. The van der Waals surface area contributed by atoms with Gasteiger partial charge in [-0.3, -0.25) is 9.59 Å². The molecule has 72 valence electrons. The van der Waals surface area contributed by atoms with Gasteiger partial charge in [-0.1, -0.05) is 19.9 Å². The lowest BCUT2D eigenvalue weighted by Crippen LogP contribution is -2.03. The van der Waals surface area contributed by atoms with Crippen molar-refractivity contribution in [3.8, 4) is 0 Å². The first kappa shape index (κ1) is 9.96. The average Bonchev–Trinajstić information content (AvgIpc) is 2.53. The van der Waals surface area contributed by atoms with Crippen LogP contribution in [0.4, 0.5) is 0 Å². The predicted molar refractivity (Wildman–Crippen MR) is 48.2 cm³/mol. The van der Waals surface area contributed by atoms with Crippen molar-refractivity contribution < 1.29 is 14.7 Å². The van der Waals surface area contributed by atoms with Crippen LogP contribution in [0.15, 0.2) is 11.6 Å². The zero-order valence-electron chi connectivity index (χ0n) is 8.07. The van der Waals surface area contributed by atoms with Gasteiger partial charge in [-0.2, -0.15) is 0 Å². The zero-order chi connectivity index (χ0) is 10.2. The minimum Gasteiger partial charge on any atom is -0.481 e. The van der Waals surface area contributed by atoms with E-state index in [2.05, 4.69) is 0 Å². The molecule has 0 heterocycles. The second-order valence-electron chi connectivity index (χ2n) is 4.19. The van der Waals surface area contributed by atoms with Gasteiger partial charge in [0, 0.05) is 0 Å². The molecule has 1 aliphatic rings. The molecule has 0 spiro atoms. The summed E-state index contributed by atoms with van der Waals surface area (Å²) in [4.78, 5) is 21.1. The van der Waals surface area contributed by atoms with E-state index in [1.165, 1.54) is 0 Å². The molecule has 1 rings (SSSR count). The fourth-order valence-corrected chi connectivity index (χ4v) is 1.78. The van der Waals surface area contributed by atoms with Gasteiger partial charge in [0.15, 0.2) is 0 Å². The van der Waals surface area contributed by atoms with Crippen molar-refractivity contribution in [2.45, 2.75) is 20.8 Å². The SMILES string of the molecule is C/C(C=O)=C\[C@@H]1[C@@H](C(=O)O)C1(C)C. The van der Waals surface area contributed by atoms with Gasteiger partial charge >= 0.3 is 5.97 Å². The summed E-state index contributed by atoms with van der Waals surface area (Å²) in [6, 6.07) is 0. The quantitative estimate of drug-likeness (QED) is 0.531. The van der Waals surface area contributed by atoms with Crippen LogP contribution in [0.2, 0.25) is 0 Å². The van der Waals surface area contributed by atoms with E-state index in [1.807, 2.05) is 13.8 Å². The van der Waals surface area contributed by atoms with Gasteiger partial charge in [0.25, 0.3) is 0 Å². The number of carbonyl (C=O) groups excluding carboxylic acids is 1. The van der Waals surface area contributed by atoms with Crippen molar-refractivity contribution >= 4 is 12.3 Å². The number of carbonyl (C=O) groups is 2. The molecule has 3 nitrogen and oxygen atoms in total. The summed E-state index contributed by atoms with van der Waals surface area (Å²) in [5.74, 6) is -1.09. The van der Waals surface area contributed by atoms with E-state index in [0.29, 0.717) is 5.57 Å². The first-order valence-electron chi connectivity index (χ1n) is 4.27. The minimum atomic E-state index is -0.773. The number of aliphatic carboxylic acids is 1. The molecule has 0 saturated heterocycles. The Bertz CT molecular complexity index is 276. The summed E-state index contributed by atoms with van der Waals surface area (Å²) >= 11 is 0. The lowest BCUT2D eigenvalue weighted by molar-refractivity contribution is -0.139. The van der Waals surface area contributed by atoms with Crippen LogP contribution < -0.4 is 0 Å². The van der Waals surface area contributed by atoms with Gasteiger partial charge in [-0.05, 0) is 23.8 Å². The standard InChI is InChI=1S/C10H14O3/c1-6(5-11)4-7-8(9(12)13)10(7,2)3/h4-5,7-8H,1-3H3,(H,12,13)/b6-4+/t7-,8+/m1/s1. The monoisotopic (exact) mass is 182 g/mol.